The van der Waals surface area contributed by atoms with Gasteiger partial charge in [-0.3, -0.25) is 9.59 Å². The summed E-state index contributed by atoms with van der Waals surface area (Å²) in [5.41, 5.74) is 0.0617. The van der Waals surface area contributed by atoms with Crippen LogP contribution < -0.4 is 5.32 Å². The first-order chi connectivity index (χ1) is 7.90. The van der Waals surface area contributed by atoms with E-state index in [0.717, 1.165) is 0 Å². The third kappa shape index (κ3) is 3.80. The van der Waals surface area contributed by atoms with Crippen molar-refractivity contribution in [1.82, 2.24) is 10.3 Å². The number of carbonyl (C=O) groups excluding carboxylic acids is 1. The molecule has 1 aromatic rings. The van der Waals surface area contributed by atoms with Gasteiger partial charge in [0.2, 0.25) is 0 Å². The number of H-pyrrole nitrogens is 1. The molecule has 0 aliphatic heterocycles. The summed E-state index contributed by atoms with van der Waals surface area (Å²) >= 11 is 5.57. The fourth-order valence-electron chi connectivity index (χ4n) is 1.11. The SMILES string of the molecule is O=C(O)CC(NC(=O)c1cc(Cl)c[nH]1)C(=O)O. The van der Waals surface area contributed by atoms with Crippen LogP contribution in [0, 0.1) is 0 Å². The van der Waals surface area contributed by atoms with Gasteiger partial charge in [0.1, 0.15) is 11.7 Å². The van der Waals surface area contributed by atoms with Gasteiger partial charge in [-0.15, -0.1) is 0 Å². The number of carboxylic acid groups (broad SMARTS) is 2. The quantitative estimate of drug-likeness (QED) is 0.608. The fraction of sp³-hybridized carbons (Fsp3) is 0.222. The van der Waals surface area contributed by atoms with E-state index in [4.69, 9.17) is 21.8 Å². The van der Waals surface area contributed by atoms with E-state index in [2.05, 4.69) is 10.3 Å². The first-order valence-electron chi connectivity index (χ1n) is 4.49. The van der Waals surface area contributed by atoms with E-state index >= 15 is 0 Å². The maximum atomic E-state index is 11.5. The number of hydrogen-bond acceptors (Lipinski definition) is 3. The molecule has 17 heavy (non-hydrogen) atoms. The summed E-state index contributed by atoms with van der Waals surface area (Å²) in [6.45, 7) is 0. The smallest absolute Gasteiger partial charge is 0.326 e. The average Bonchev–Trinajstić information content (AvgIpc) is 2.63. The van der Waals surface area contributed by atoms with Gasteiger partial charge in [-0.2, -0.15) is 0 Å². The second-order valence-electron chi connectivity index (χ2n) is 3.19. The largest absolute Gasteiger partial charge is 0.481 e. The number of rotatable bonds is 5. The first kappa shape index (κ1) is 13.0. The fourth-order valence-corrected chi connectivity index (χ4v) is 1.27. The Morgan fingerprint density at radius 1 is 1.41 bits per heavy atom. The van der Waals surface area contributed by atoms with Crippen LogP contribution in [0.15, 0.2) is 12.3 Å². The zero-order valence-corrected chi connectivity index (χ0v) is 9.19. The number of carboxylic acids is 2. The number of halogens is 1. The van der Waals surface area contributed by atoms with Crippen molar-refractivity contribution in [2.24, 2.45) is 0 Å². The Balaban J connectivity index is 2.70. The second-order valence-corrected chi connectivity index (χ2v) is 3.63. The lowest BCUT2D eigenvalue weighted by molar-refractivity contribution is -0.145. The molecule has 1 atom stereocenters. The number of amides is 1. The molecule has 1 unspecified atom stereocenters. The molecule has 0 saturated carbocycles. The molecule has 0 saturated heterocycles. The Bertz CT molecular complexity index is 456. The molecule has 0 aliphatic carbocycles. The highest BCUT2D eigenvalue weighted by molar-refractivity contribution is 6.31. The normalized spacial score (nSPS) is 11.8. The molecule has 1 heterocycles. The van der Waals surface area contributed by atoms with Crippen molar-refractivity contribution in [3.8, 4) is 0 Å². The summed E-state index contributed by atoms with van der Waals surface area (Å²) in [6, 6.07) is -0.182. The van der Waals surface area contributed by atoms with Crippen molar-refractivity contribution in [1.29, 1.82) is 0 Å². The van der Waals surface area contributed by atoms with Crippen LogP contribution in [0.5, 0.6) is 0 Å². The van der Waals surface area contributed by atoms with Gasteiger partial charge < -0.3 is 20.5 Å². The minimum atomic E-state index is -1.48. The predicted molar refractivity (Wildman–Crippen MR) is 56.9 cm³/mol. The predicted octanol–water partition coefficient (Wildman–Crippen LogP) is 0.326. The maximum absolute atomic E-state index is 11.5. The Morgan fingerprint density at radius 2 is 2.06 bits per heavy atom. The van der Waals surface area contributed by atoms with Crippen LogP contribution in [-0.4, -0.2) is 39.1 Å². The molecular formula is C9H9ClN2O5. The van der Waals surface area contributed by atoms with Gasteiger partial charge in [0.15, 0.2) is 0 Å². The molecule has 7 nitrogen and oxygen atoms in total. The van der Waals surface area contributed by atoms with Crippen LogP contribution in [0.25, 0.3) is 0 Å². The van der Waals surface area contributed by atoms with E-state index < -0.39 is 30.3 Å². The molecule has 0 fully saturated rings. The monoisotopic (exact) mass is 260 g/mol. The topological polar surface area (TPSA) is 119 Å². The Labute approximate surface area is 100 Å². The maximum Gasteiger partial charge on any atom is 0.326 e. The Hall–Kier alpha value is -2.02. The number of nitrogens with one attached hydrogen (secondary N) is 2. The van der Waals surface area contributed by atoms with Crippen LogP contribution in [0.1, 0.15) is 16.9 Å². The summed E-state index contributed by atoms with van der Waals surface area (Å²) in [4.78, 5) is 35.1. The molecular weight excluding hydrogens is 252 g/mol. The summed E-state index contributed by atoms with van der Waals surface area (Å²) in [5.74, 6) is -3.47. The number of aromatic nitrogens is 1. The molecule has 1 aromatic heterocycles. The van der Waals surface area contributed by atoms with Gasteiger partial charge >= 0.3 is 11.9 Å². The second kappa shape index (κ2) is 5.35. The summed E-state index contributed by atoms with van der Waals surface area (Å²) in [6.07, 6.45) is 0.652. The molecule has 0 radical (unpaired) electrons. The molecule has 8 heteroatoms. The van der Waals surface area contributed by atoms with Gasteiger partial charge in [0.05, 0.1) is 11.4 Å². The number of aromatic amines is 1. The van der Waals surface area contributed by atoms with Crippen LogP contribution in [0.2, 0.25) is 5.02 Å². The molecule has 1 amide bonds. The molecule has 0 spiro atoms. The highest BCUT2D eigenvalue weighted by Crippen LogP contribution is 2.09. The minimum Gasteiger partial charge on any atom is -0.481 e. The highest BCUT2D eigenvalue weighted by atomic mass is 35.5. The van der Waals surface area contributed by atoms with Gasteiger partial charge in [0, 0.05) is 6.20 Å². The summed E-state index contributed by atoms with van der Waals surface area (Å²) < 4.78 is 0. The van der Waals surface area contributed by atoms with Crippen LogP contribution >= 0.6 is 11.6 Å². The Morgan fingerprint density at radius 3 is 2.47 bits per heavy atom. The van der Waals surface area contributed by atoms with Gasteiger partial charge in [-0.25, -0.2) is 4.79 Å². The van der Waals surface area contributed by atoms with Crippen molar-refractivity contribution < 1.29 is 24.6 Å². The summed E-state index contributed by atoms with van der Waals surface area (Å²) in [5, 5.41) is 19.5. The third-order valence-corrected chi connectivity index (χ3v) is 2.09. The van der Waals surface area contributed by atoms with Gasteiger partial charge in [-0.1, -0.05) is 11.6 Å². The zero-order valence-electron chi connectivity index (χ0n) is 8.44. The Kier molecular flexibility index (Phi) is 4.11. The van der Waals surface area contributed by atoms with Crippen molar-refractivity contribution >= 4 is 29.4 Å². The molecule has 0 bridgehead atoms. The van der Waals surface area contributed by atoms with E-state index in [-0.39, 0.29) is 5.69 Å². The third-order valence-electron chi connectivity index (χ3n) is 1.87. The summed E-state index contributed by atoms with van der Waals surface area (Å²) in [7, 11) is 0. The lowest BCUT2D eigenvalue weighted by Crippen LogP contribution is -2.42. The van der Waals surface area contributed by atoms with E-state index in [0.29, 0.717) is 5.02 Å². The van der Waals surface area contributed by atoms with Crippen LogP contribution in [0.4, 0.5) is 0 Å². The van der Waals surface area contributed by atoms with E-state index in [1.165, 1.54) is 12.3 Å². The number of hydrogen-bond donors (Lipinski definition) is 4. The van der Waals surface area contributed by atoms with E-state index in [1.807, 2.05) is 0 Å². The van der Waals surface area contributed by atoms with Crippen LogP contribution in [-0.2, 0) is 9.59 Å². The zero-order chi connectivity index (χ0) is 13.0. The molecule has 1 rings (SSSR count). The first-order valence-corrected chi connectivity index (χ1v) is 4.87. The number of aliphatic carboxylic acids is 2. The van der Waals surface area contributed by atoms with Crippen molar-refractivity contribution in [2.45, 2.75) is 12.5 Å². The average molecular weight is 261 g/mol. The van der Waals surface area contributed by atoms with Crippen molar-refractivity contribution in [3.05, 3.63) is 23.0 Å². The molecule has 0 aliphatic rings. The van der Waals surface area contributed by atoms with E-state index in [9.17, 15) is 14.4 Å². The van der Waals surface area contributed by atoms with E-state index in [1.54, 1.807) is 0 Å². The van der Waals surface area contributed by atoms with Gasteiger partial charge in [-0.05, 0) is 6.07 Å². The standard InChI is InChI=1S/C9H9ClN2O5/c10-4-1-5(11-3-4)8(15)12-6(9(16)17)2-7(13)14/h1,3,6,11H,2H2,(H,12,15)(H,13,14)(H,16,17). The van der Waals surface area contributed by atoms with Crippen molar-refractivity contribution in [2.75, 3.05) is 0 Å². The molecule has 92 valence electrons. The molecule has 0 aromatic carbocycles. The van der Waals surface area contributed by atoms with Crippen LogP contribution in [0.3, 0.4) is 0 Å². The molecule has 4 N–H and O–H groups in total. The highest BCUT2D eigenvalue weighted by Gasteiger charge is 2.23. The number of carbonyl (C=O) groups is 3. The minimum absolute atomic E-state index is 0.0617. The lowest BCUT2D eigenvalue weighted by atomic mass is 10.2. The van der Waals surface area contributed by atoms with Gasteiger partial charge in [0.25, 0.3) is 5.91 Å². The van der Waals surface area contributed by atoms with Crippen molar-refractivity contribution in [3.63, 3.8) is 0 Å². The lowest BCUT2D eigenvalue weighted by Gasteiger charge is -2.11.